The van der Waals surface area contributed by atoms with Crippen molar-refractivity contribution >= 4 is 38.4 Å². The van der Waals surface area contributed by atoms with E-state index in [9.17, 15) is 13.6 Å². The van der Waals surface area contributed by atoms with Gasteiger partial charge in [-0.15, -0.1) is 11.3 Å². The summed E-state index contributed by atoms with van der Waals surface area (Å²) in [4.78, 5) is 10.7. The maximum atomic E-state index is 12.8. The zero-order valence-corrected chi connectivity index (χ0v) is 7.27. The first-order chi connectivity index (χ1) is 5.72. The molecular formula is C7H2F2OS2. The number of fused-ring (bicyclic) bond motifs is 1. The molecule has 1 nitrogen and oxygen atoms in total. The fourth-order valence-electron chi connectivity index (χ4n) is 0.912. The molecule has 2 rings (SSSR count). The lowest BCUT2D eigenvalue weighted by atomic mass is 10.4. The smallest absolute Gasteiger partial charge is 0.214 e. The van der Waals surface area contributed by atoms with Crippen molar-refractivity contribution in [1.29, 1.82) is 0 Å². The van der Waals surface area contributed by atoms with Crippen molar-refractivity contribution in [2.45, 2.75) is 0 Å². The molecule has 0 aromatic carbocycles. The quantitative estimate of drug-likeness (QED) is 0.652. The first kappa shape index (κ1) is 7.82. The zero-order chi connectivity index (χ0) is 8.72. The van der Waals surface area contributed by atoms with Gasteiger partial charge in [0.05, 0.1) is 8.89 Å². The molecule has 2 aromatic heterocycles. The summed E-state index contributed by atoms with van der Waals surface area (Å²) in [6, 6.07) is 1.36. The van der Waals surface area contributed by atoms with Gasteiger partial charge in [0.1, 0.15) is 0 Å². The van der Waals surface area contributed by atoms with Crippen LogP contribution in [-0.4, -0.2) is 6.29 Å². The second kappa shape index (κ2) is 2.60. The summed E-state index contributed by atoms with van der Waals surface area (Å²) in [5.41, 5.74) is 0. The highest BCUT2D eigenvalue weighted by atomic mass is 32.2. The number of aldehydes is 1. The highest BCUT2D eigenvalue weighted by molar-refractivity contribution is 7.38. The van der Waals surface area contributed by atoms with Crippen LogP contribution in [0.2, 0.25) is 0 Å². The molecule has 0 spiro atoms. The molecule has 0 amide bonds. The third-order valence-corrected chi connectivity index (χ3v) is 3.54. The topological polar surface area (TPSA) is 17.1 Å². The van der Waals surface area contributed by atoms with Crippen LogP contribution in [0.15, 0.2) is 6.07 Å². The Labute approximate surface area is 74.3 Å². The third kappa shape index (κ3) is 0.971. The van der Waals surface area contributed by atoms with Crippen molar-refractivity contribution < 1.29 is 13.6 Å². The van der Waals surface area contributed by atoms with Gasteiger partial charge in [0.15, 0.2) is 12.1 Å². The maximum Gasteiger partial charge on any atom is 0.214 e. The standard InChI is InChI=1S/C7H2F2OS2/c8-5-4-1-3(2-10)11-7(4)12-6(5)9/h1-2H. The monoisotopic (exact) mass is 204 g/mol. The van der Waals surface area contributed by atoms with Crippen LogP contribution in [0.4, 0.5) is 8.78 Å². The van der Waals surface area contributed by atoms with Gasteiger partial charge in [0, 0.05) is 5.39 Å². The Morgan fingerprint density at radius 2 is 2.08 bits per heavy atom. The zero-order valence-electron chi connectivity index (χ0n) is 5.64. The molecule has 0 fully saturated rings. The minimum atomic E-state index is -0.848. The van der Waals surface area contributed by atoms with Crippen LogP contribution in [0, 0.1) is 10.9 Å². The van der Waals surface area contributed by atoms with Gasteiger partial charge in [0.25, 0.3) is 0 Å². The van der Waals surface area contributed by atoms with Crippen molar-refractivity contribution in [1.82, 2.24) is 0 Å². The average molecular weight is 204 g/mol. The second-order valence-corrected chi connectivity index (χ2v) is 4.47. The van der Waals surface area contributed by atoms with Gasteiger partial charge < -0.3 is 0 Å². The first-order valence-electron chi connectivity index (χ1n) is 3.05. The molecule has 5 heteroatoms. The van der Waals surface area contributed by atoms with Gasteiger partial charge in [-0.1, -0.05) is 11.3 Å². The lowest BCUT2D eigenvalue weighted by Crippen LogP contribution is -1.71. The van der Waals surface area contributed by atoms with E-state index >= 15 is 0 Å². The summed E-state index contributed by atoms with van der Waals surface area (Å²) >= 11 is 1.84. The molecule has 62 valence electrons. The Morgan fingerprint density at radius 1 is 1.33 bits per heavy atom. The first-order valence-corrected chi connectivity index (χ1v) is 4.68. The van der Waals surface area contributed by atoms with E-state index in [1.807, 2.05) is 0 Å². The van der Waals surface area contributed by atoms with Gasteiger partial charge in [-0.2, -0.15) is 4.39 Å². The fourth-order valence-corrected chi connectivity index (χ4v) is 2.90. The van der Waals surface area contributed by atoms with Crippen molar-refractivity contribution in [3.05, 3.63) is 21.9 Å². The fraction of sp³-hybridized carbons (Fsp3) is 0. The summed E-state index contributed by atoms with van der Waals surface area (Å²) in [6.45, 7) is 0. The van der Waals surface area contributed by atoms with Crippen molar-refractivity contribution in [2.24, 2.45) is 0 Å². The molecule has 0 saturated carbocycles. The Bertz CT molecular complexity index is 443. The van der Waals surface area contributed by atoms with Gasteiger partial charge in [-0.25, -0.2) is 4.39 Å². The van der Waals surface area contributed by atoms with Crippen LogP contribution in [0.3, 0.4) is 0 Å². The molecule has 2 aromatic rings. The number of rotatable bonds is 1. The van der Waals surface area contributed by atoms with E-state index in [0.717, 1.165) is 22.7 Å². The van der Waals surface area contributed by atoms with Crippen LogP contribution in [0.5, 0.6) is 0 Å². The van der Waals surface area contributed by atoms with Gasteiger partial charge in [0.2, 0.25) is 5.13 Å². The summed E-state index contributed by atoms with van der Waals surface area (Å²) in [7, 11) is 0. The molecule has 0 unspecified atom stereocenters. The molecule has 0 aliphatic carbocycles. The normalized spacial score (nSPS) is 10.8. The second-order valence-electron chi connectivity index (χ2n) is 2.16. The van der Waals surface area contributed by atoms with Crippen molar-refractivity contribution in [3.8, 4) is 0 Å². The van der Waals surface area contributed by atoms with Crippen LogP contribution in [0.1, 0.15) is 9.67 Å². The van der Waals surface area contributed by atoms with Crippen molar-refractivity contribution in [3.63, 3.8) is 0 Å². The van der Waals surface area contributed by atoms with Gasteiger partial charge >= 0.3 is 0 Å². The van der Waals surface area contributed by atoms with E-state index in [1.165, 1.54) is 6.07 Å². The minimum Gasteiger partial charge on any atom is -0.297 e. The van der Waals surface area contributed by atoms with E-state index in [-0.39, 0.29) is 5.39 Å². The number of hydrogen-bond acceptors (Lipinski definition) is 3. The number of hydrogen-bond donors (Lipinski definition) is 0. The van der Waals surface area contributed by atoms with Crippen LogP contribution >= 0.6 is 22.7 Å². The molecular weight excluding hydrogens is 202 g/mol. The average Bonchev–Trinajstić information content (AvgIpc) is 2.55. The molecule has 0 atom stereocenters. The van der Waals surface area contributed by atoms with E-state index in [2.05, 4.69) is 0 Å². The molecule has 2 heterocycles. The molecule has 0 bridgehead atoms. The minimum absolute atomic E-state index is 0.213. The molecule has 0 saturated heterocycles. The summed E-state index contributed by atoms with van der Waals surface area (Å²) in [5.74, 6) is -0.848. The number of halogens is 2. The van der Waals surface area contributed by atoms with Gasteiger partial charge in [-0.05, 0) is 6.07 Å². The Kier molecular flexibility index (Phi) is 1.69. The SMILES string of the molecule is O=Cc1cc2c(F)c(F)sc2s1. The summed E-state index contributed by atoms with van der Waals surface area (Å²) in [5, 5.41) is -0.599. The van der Waals surface area contributed by atoms with Gasteiger partial charge in [-0.3, -0.25) is 4.79 Å². The van der Waals surface area contributed by atoms with E-state index in [0.29, 0.717) is 15.2 Å². The van der Waals surface area contributed by atoms with E-state index in [1.54, 1.807) is 0 Å². The summed E-state index contributed by atoms with van der Waals surface area (Å²) in [6.07, 6.45) is 0.634. The molecule has 0 aliphatic rings. The predicted octanol–water partition coefficient (Wildman–Crippen LogP) is 3.05. The lowest BCUT2D eigenvalue weighted by Gasteiger charge is -1.77. The maximum absolute atomic E-state index is 12.8. The predicted molar refractivity (Wildman–Crippen MR) is 45.0 cm³/mol. The largest absolute Gasteiger partial charge is 0.297 e. The van der Waals surface area contributed by atoms with E-state index in [4.69, 9.17) is 0 Å². The highest BCUT2D eigenvalue weighted by Crippen LogP contribution is 2.34. The number of thiophene rings is 2. The van der Waals surface area contributed by atoms with Crippen LogP contribution < -0.4 is 0 Å². The number of carbonyl (C=O) groups is 1. The molecule has 12 heavy (non-hydrogen) atoms. The van der Waals surface area contributed by atoms with E-state index < -0.39 is 10.9 Å². The van der Waals surface area contributed by atoms with Crippen LogP contribution in [-0.2, 0) is 0 Å². The molecule has 0 N–H and O–H groups in total. The highest BCUT2D eigenvalue weighted by Gasteiger charge is 2.14. The number of carbonyl (C=O) groups excluding carboxylic acids is 1. The Morgan fingerprint density at radius 3 is 2.67 bits per heavy atom. The third-order valence-electron chi connectivity index (χ3n) is 1.42. The Balaban J connectivity index is 2.79. The molecule has 0 aliphatic heterocycles. The Hall–Kier alpha value is -0.810. The van der Waals surface area contributed by atoms with Crippen molar-refractivity contribution in [2.75, 3.05) is 0 Å². The lowest BCUT2D eigenvalue weighted by molar-refractivity contribution is 0.112. The summed E-state index contributed by atoms with van der Waals surface area (Å²) < 4.78 is 25.9. The molecule has 0 radical (unpaired) electrons. The van der Waals surface area contributed by atoms with Crippen LogP contribution in [0.25, 0.3) is 9.40 Å².